The molecule has 0 spiro atoms. The fourth-order valence-electron chi connectivity index (χ4n) is 4.57. The van der Waals surface area contributed by atoms with Gasteiger partial charge in [-0.1, -0.05) is 6.42 Å². The molecule has 0 saturated carbocycles. The van der Waals surface area contributed by atoms with Crippen LogP contribution in [0.4, 0.5) is 11.4 Å². The number of hydrogen-bond donors (Lipinski definition) is 1. The lowest BCUT2D eigenvalue weighted by Gasteiger charge is -2.26. The van der Waals surface area contributed by atoms with Gasteiger partial charge in [0.1, 0.15) is 17.5 Å². The number of fused-ring (bicyclic) bond motifs is 1. The molecule has 0 bridgehead atoms. The number of hydrogen-bond acceptors (Lipinski definition) is 6. The molecule has 0 aromatic heterocycles. The van der Waals surface area contributed by atoms with Gasteiger partial charge in [-0.15, -0.1) is 0 Å². The zero-order chi connectivity index (χ0) is 24.5. The van der Waals surface area contributed by atoms with Gasteiger partial charge < -0.3 is 14.8 Å². The number of sulfonamides is 1. The average molecular weight is 488 g/mol. The second-order valence-corrected chi connectivity index (χ2v) is 10.4. The summed E-state index contributed by atoms with van der Waals surface area (Å²) in [5.74, 6) is 0.289. The van der Waals surface area contributed by atoms with E-state index in [0.29, 0.717) is 41.5 Å². The van der Waals surface area contributed by atoms with Crippen molar-refractivity contribution in [1.82, 2.24) is 4.31 Å². The minimum absolute atomic E-state index is 0.187. The quantitative estimate of drug-likeness (QED) is 0.672. The van der Waals surface area contributed by atoms with Crippen molar-refractivity contribution in [2.24, 2.45) is 0 Å². The normalized spacial score (nSPS) is 18.3. The molecule has 34 heavy (non-hydrogen) atoms. The number of benzene rings is 2. The smallest absolute Gasteiger partial charge is 0.248 e. The average Bonchev–Trinajstić information content (AvgIpc) is 3.24. The number of anilines is 2. The maximum absolute atomic E-state index is 13.3. The third-order valence-electron chi connectivity index (χ3n) is 6.29. The van der Waals surface area contributed by atoms with Crippen LogP contribution in [0.25, 0.3) is 0 Å². The Morgan fingerprint density at radius 1 is 1.00 bits per heavy atom. The molecular formula is C24H29N3O6S. The van der Waals surface area contributed by atoms with E-state index in [4.69, 9.17) is 9.47 Å². The molecule has 4 rings (SSSR count). The number of carbonyl (C=O) groups is 2. The van der Waals surface area contributed by atoms with E-state index in [-0.39, 0.29) is 17.2 Å². The van der Waals surface area contributed by atoms with E-state index >= 15 is 0 Å². The Labute approximate surface area is 199 Å². The van der Waals surface area contributed by atoms with Crippen molar-refractivity contribution in [3.63, 3.8) is 0 Å². The van der Waals surface area contributed by atoms with Crippen LogP contribution in [0.3, 0.4) is 0 Å². The van der Waals surface area contributed by atoms with Crippen molar-refractivity contribution >= 4 is 33.2 Å². The number of piperidine rings is 1. The van der Waals surface area contributed by atoms with Crippen molar-refractivity contribution in [3.05, 3.63) is 42.0 Å². The van der Waals surface area contributed by atoms with Gasteiger partial charge in [0.2, 0.25) is 21.8 Å². The van der Waals surface area contributed by atoms with Crippen LogP contribution >= 0.6 is 0 Å². The molecule has 1 unspecified atom stereocenters. The summed E-state index contributed by atoms with van der Waals surface area (Å²) in [7, 11) is -0.608. The number of amides is 2. The van der Waals surface area contributed by atoms with E-state index in [1.807, 2.05) is 0 Å². The monoisotopic (exact) mass is 487 g/mol. The predicted molar refractivity (Wildman–Crippen MR) is 128 cm³/mol. The van der Waals surface area contributed by atoms with E-state index in [9.17, 15) is 18.0 Å². The van der Waals surface area contributed by atoms with Crippen molar-refractivity contribution in [1.29, 1.82) is 0 Å². The summed E-state index contributed by atoms with van der Waals surface area (Å²) in [4.78, 5) is 27.4. The van der Waals surface area contributed by atoms with E-state index in [0.717, 1.165) is 19.3 Å². The summed E-state index contributed by atoms with van der Waals surface area (Å²) < 4.78 is 38.3. The number of rotatable bonds is 6. The minimum atomic E-state index is -3.63. The SMILES string of the molecule is COc1ccc(OC)c(NC(=O)C2Cc3cc(S(=O)(=O)N4CCCCC4)ccc3N2C(C)=O)c1. The fraction of sp³-hybridized carbons (Fsp3) is 0.417. The maximum atomic E-state index is 13.3. The second kappa shape index (κ2) is 9.63. The topological polar surface area (TPSA) is 105 Å². The van der Waals surface area contributed by atoms with Crippen molar-refractivity contribution in [3.8, 4) is 11.5 Å². The van der Waals surface area contributed by atoms with Crippen LogP contribution < -0.4 is 19.7 Å². The minimum Gasteiger partial charge on any atom is -0.497 e. The molecule has 182 valence electrons. The lowest BCUT2D eigenvalue weighted by Crippen LogP contribution is -2.44. The molecule has 1 saturated heterocycles. The Morgan fingerprint density at radius 2 is 1.74 bits per heavy atom. The number of carbonyl (C=O) groups excluding carboxylic acids is 2. The number of ether oxygens (including phenoxy) is 2. The van der Waals surface area contributed by atoms with Crippen LogP contribution in [-0.4, -0.2) is 57.9 Å². The van der Waals surface area contributed by atoms with Crippen molar-refractivity contribution in [2.75, 3.05) is 37.5 Å². The summed E-state index contributed by atoms with van der Waals surface area (Å²) in [6.07, 6.45) is 2.92. The first kappa shape index (κ1) is 24.0. The molecule has 2 heterocycles. The Kier molecular flexibility index (Phi) is 6.81. The molecule has 2 aromatic rings. The van der Waals surface area contributed by atoms with Crippen LogP contribution in [-0.2, 0) is 26.0 Å². The molecule has 1 N–H and O–H groups in total. The zero-order valence-corrected chi connectivity index (χ0v) is 20.4. The second-order valence-electron chi connectivity index (χ2n) is 8.42. The van der Waals surface area contributed by atoms with E-state index in [1.165, 1.54) is 36.4 Å². The lowest BCUT2D eigenvalue weighted by atomic mass is 10.1. The third kappa shape index (κ3) is 4.47. The summed E-state index contributed by atoms with van der Waals surface area (Å²) in [5, 5.41) is 2.83. The highest BCUT2D eigenvalue weighted by atomic mass is 32.2. The summed E-state index contributed by atoms with van der Waals surface area (Å²) >= 11 is 0. The number of nitrogens with zero attached hydrogens (tertiary/aromatic N) is 2. The van der Waals surface area contributed by atoms with Gasteiger partial charge in [0, 0.05) is 38.2 Å². The molecule has 2 aliphatic rings. The molecule has 0 radical (unpaired) electrons. The van der Waals surface area contributed by atoms with Crippen LogP contribution in [0.5, 0.6) is 11.5 Å². The van der Waals surface area contributed by atoms with Gasteiger partial charge in [-0.05, 0) is 48.7 Å². The maximum Gasteiger partial charge on any atom is 0.248 e. The predicted octanol–water partition coefficient (Wildman–Crippen LogP) is 2.79. The van der Waals surface area contributed by atoms with Gasteiger partial charge in [-0.25, -0.2) is 8.42 Å². The summed E-state index contributed by atoms with van der Waals surface area (Å²) in [6, 6.07) is 8.94. The molecule has 10 heteroatoms. The van der Waals surface area contributed by atoms with E-state index < -0.39 is 22.0 Å². The van der Waals surface area contributed by atoms with Crippen LogP contribution in [0.15, 0.2) is 41.3 Å². The summed E-state index contributed by atoms with van der Waals surface area (Å²) in [6.45, 7) is 2.40. The Morgan fingerprint density at radius 3 is 2.38 bits per heavy atom. The Hall–Kier alpha value is -3.11. The molecule has 0 aliphatic carbocycles. The fourth-order valence-corrected chi connectivity index (χ4v) is 6.14. The third-order valence-corrected chi connectivity index (χ3v) is 8.19. The van der Waals surface area contributed by atoms with Crippen molar-refractivity contribution < 1.29 is 27.5 Å². The van der Waals surface area contributed by atoms with Gasteiger partial charge >= 0.3 is 0 Å². The van der Waals surface area contributed by atoms with Crippen LogP contribution in [0, 0.1) is 0 Å². The zero-order valence-electron chi connectivity index (χ0n) is 19.5. The standard InChI is InChI=1S/C24H29N3O6S/c1-16(28)27-21-9-8-19(34(30,31)26-11-5-4-6-12-26)13-17(21)14-22(27)24(29)25-20-15-18(32-2)7-10-23(20)33-3/h7-10,13,15,22H,4-6,11-12,14H2,1-3H3,(H,25,29). The van der Waals surface area contributed by atoms with Gasteiger partial charge in [-0.2, -0.15) is 4.31 Å². The first-order valence-electron chi connectivity index (χ1n) is 11.2. The molecule has 2 amide bonds. The highest BCUT2D eigenvalue weighted by Crippen LogP contribution is 2.36. The van der Waals surface area contributed by atoms with Gasteiger partial charge in [0.25, 0.3) is 0 Å². The van der Waals surface area contributed by atoms with Crippen LogP contribution in [0.2, 0.25) is 0 Å². The van der Waals surface area contributed by atoms with Gasteiger partial charge in [0.05, 0.1) is 24.8 Å². The Bertz CT molecular complexity index is 1210. The van der Waals surface area contributed by atoms with E-state index in [1.54, 1.807) is 30.3 Å². The molecule has 2 aromatic carbocycles. The lowest BCUT2D eigenvalue weighted by molar-refractivity contribution is -0.122. The first-order valence-corrected chi connectivity index (χ1v) is 12.7. The highest BCUT2D eigenvalue weighted by Gasteiger charge is 2.38. The van der Waals surface area contributed by atoms with Crippen molar-refractivity contribution in [2.45, 2.75) is 43.5 Å². The number of methoxy groups -OCH3 is 2. The van der Waals surface area contributed by atoms with Crippen LogP contribution in [0.1, 0.15) is 31.7 Å². The highest BCUT2D eigenvalue weighted by molar-refractivity contribution is 7.89. The molecule has 2 aliphatic heterocycles. The van der Waals surface area contributed by atoms with E-state index in [2.05, 4.69) is 5.32 Å². The molecular weight excluding hydrogens is 458 g/mol. The summed E-state index contributed by atoms with van der Waals surface area (Å²) in [5.41, 5.74) is 1.61. The Balaban J connectivity index is 1.62. The van der Waals surface area contributed by atoms with Gasteiger partial charge in [0.15, 0.2) is 0 Å². The molecule has 1 atom stereocenters. The van der Waals surface area contributed by atoms with Gasteiger partial charge in [-0.3, -0.25) is 14.5 Å². The molecule has 1 fully saturated rings. The number of nitrogens with one attached hydrogen (secondary N) is 1. The first-order chi connectivity index (χ1) is 16.3. The molecule has 9 nitrogen and oxygen atoms in total. The largest absolute Gasteiger partial charge is 0.497 e.